The lowest BCUT2D eigenvalue weighted by molar-refractivity contribution is -0.116. The smallest absolute Gasteiger partial charge is 0.244 e. The maximum absolute atomic E-state index is 12.0. The molecule has 7 heteroatoms. The third kappa shape index (κ3) is 4.57. The highest BCUT2D eigenvalue weighted by molar-refractivity contribution is 5.90. The number of aromatic nitrogens is 3. The van der Waals surface area contributed by atoms with Crippen LogP contribution in [-0.4, -0.2) is 34.8 Å². The summed E-state index contributed by atoms with van der Waals surface area (Å²) in [5.74, 6) is 0.594. The largest absolute Gasteiger partial charge is 0.376 e. The van der Waals surface area contributed by atoms with Crippen molar-refractivity contribution in [1.82, 2.24) is 14.8 Å². The molecule has 0 fully saturated rings. The first-order chi connectivity index (χ1) is 12.1. The van der Waals surface area contributed by atoms with Crippen molar-refractivity contribution in [3.8, 4) is 0 Å². The van der Waals surface area contributed by atoms with E-state index in [1.807, 2.05) is 78.4 Å². The Bertz CT molecular complexity index is 827. The van der Waals surface area contributed by atoms with Crippen molar-refractivity contribution < 1.29 is 4.79 Å². The van der Waals surface area contributed by atoms with E-state index >= 15 is 0 Å². The van der Waals surface area contributed by atoms with E-state index in [1.165, 1.54) is 0 Å². The predicted molar refractivity (Wildman–Crippen MR) is 99.1 cm³/mol. The third-order valence-electron chi connectivity index (χ3n) is 3.59. The number of benzene rings is 1. The summed E-state index contributed by atoms with van der Waals surface area (Å²) in [6, 6.07) is 13.2. The van der Waals surface area contributed by atoms with Gasteiger partial charge >= 0.3 is 0 Å². The Balaban J connectivity index is 1.60. The molecule has 0 aliphatic heterocycles. The molecule has 2 heterocycles. The van der Waals surface area contributed by atoms with E-state index in [0.717, 1.165) is 17.1 Å². The lowest BCUT2D eigenvalue weighted by Crippen LogP contribution is -2.17. The molecular formula is C18H20N6O. The maximum Gasteiger partial charge on any atom is 0.244 e. The average Bonchev–Trinajstić information content (AvgIpc) is 3.10. The first-order valence-electron chi connectivity index (χ1n) is 7.88. The number of anilines is 4. The van der Waals surface area contributed by atoms with E-state index < -0.39 is 0 Å². The number of amides is 1. The van der Waals surface area contributed by atoms with Crippen molar-refractivity contribution in [3.05, 3.63) is 61.1 Å². The summed E-state index contributed by atoms with van der Waals surface area (Å²) in [6.07, 6.45) is 5.42. The van der Waals surface area contributed by atoms with E-state index in [4.69, 9.17) is 0 Å². The number of carbonyl (C=O) groups is 1. The molecule has 1 amide bonds. The summed E-state index contributed by atoms with van der Waals surface area (Å²) in [5.41, 5.74) is 2.58. The van der Waals surface area contributed by atoms with Crippen LogP contribution in [-0.2, 0) is 11.3 Å². The van der Waals surface area contributed by atoms with Crippen molar-refractivity contribution >= 4 is 28.8 Å². The van der Waals surface area contributed by atoms with Gasteiger partial charge in [-0.25, -0.2) is 0 Å². The van der Waals surface area contributed by atoms with Crippen molar-refractivity contribution in [1.29, 1.82) is 0 Å². The van der Waals surface area contributed by atoms with Gasteiger partial charge in [-0.15, -0.1) is 5.10 Å². The van der Waals surface area contributed by atoms with Crippen molar-refractivity contribution in [2.24, 2.45) is 0 Å². The predicted octanol–water partition coefficient (Wildman–Crippen LogP) is 2.73. The van der Waals surface area contributed by atoms with Crippen molar-refractivity contribution in [2.45, 2.75) is 6.54 Å². The molecule has 7 nitrogen and oxygen atoms in total. The van der Waals surface area contributed by atoms with Crippen LogP contribution in [0.3, 0.4) is 0 Å². The Hall–Kier alpha value is -3.35. The van der Waals surface area contributed by atoms with Crippen LogP contribution in [0.5, 0.6) is 0 Å². The average molecular weight is 336 g/mol. The van der Waals surface area contributed by atoms with Crippen LogP contribution in [0.2, 0.25) is 0 Å². The van der Waals surface area contributed by atoms with Crippen LogP contribution < -0.4 is 15.5 Å². The van der Waals surface area contributed by atoms with Gasteiger partial charge in [0.05, 0.1) is 11.9 Å². The highest BCUT2D eigenvalue weighted by Crippen LogP contribution is 2.20. The fraction of sp³-hybridized carbons (Fsp3) is 0.167. The molecule has 2 aromatic heterocycles. The zero-order chi connectivity index (χ0) is 17.6. The topological polar surface area (TPSA) is 75.1 Å². The second-order valence-electron chi connectivity index (χ2n) is 5.80. The van der Waals surface area contributed by atoms with Crippen LogP contribution in [0.1, 0.15) is 0 Å². The van der Waals surface area contributed by atoms with Crippen LogP contribution in [0, 0.1) is 0 Å². The molecule has 1 aromatic carbocycles. The van der Waals surface area contributed by atoms with E-state index in [9.17, 15) is 4.79 Å². The summed E-state index contributed by atoms with van der Waals surface area (Å²) in [6.45, 7) is 0.292. The number of carbonyl (C=O) groups excluding carboxylic acids is 1. The zero-order valence-electron chi connectivity index (χ0n) is 14.2. The van der Waals surface area contributed by atoms with Crippen LogP contribution in [0.25, 0.3) is 0 Å². The summed E-state index contributed by atoms with van der Waals surface area (Å²) in [5, 5.41) is 14.1. The molecule has 0 saturated heterocycles. The summed E-state index contributed by atoms with van der Waals surface area (Å²) < 4.78 is 1.82. The Morgan fingerprint density at radius 1 is 1.12 bits per heavy atom. The Labute approximate surface area is 146 Å². The minimum Gasteiger partial charge on any atom is -0.376 e. The molecule has 0 radical (unpaired) electrons. The molecule has 0 aliphatic carbocycles. The van der Waals surface area contributed by atoms with Crippen LogP contribution in [0.15, 0.2) is 61.1 Å². The van der Waals surface area contributed by atoms with Crippen molar-refractivity contribution in [2.75, 3.05) is 29.6 Å². The second-order valence-corrected chi connectivity index (χ2v) is 5.80. The van der Waals surface area contributed by atoms with Gasteiger partial charge in [0.2, 0.25) is 5.91 Å². The number of nitrogens with one attached hydrogen (secondary N) is 2. The number of rotatable bonds is 6. The maximum atomic E-state index is 12.0. The normalized spacial score (nSPS) is 10.3. The Kier molecular flexibility index (Phi) is 4.94. The van der Waals surface area contributed by atoms with E-state index in [1.54, 1.807) is 6.20 Å². The molecule has 3 aromatic rings. The zero-order valence-corrected chi connectivity index (χ0v) is 14.2. The lowest BCUT2D eigenvalue weighted by Gasteiger charge is -2.13. The van der Waals surface area contributed by atoms with Gasteiger partial charge < -0.3 is 20.1 Å². The van der Waals surface area contributed by atoms with E-state index in [2.05, 4.69) is 20.8 Å². The molecule has 0 saturated carbocycles. The molecule has 128 valence electrons. The third-order valence-corrected chi connectivity index (χ3v) is 3.59. The minimum absolute atomic E-state index is 0.0681. The van der Waals surface area contributed by atoms with Gasteiger partial charge in [-0.3, -0.25) is 4.79 Å². The SMILES string of the molecule is CN(C)c1cnnc(Nc2ccc(NC(=O)Cn3cccc3)cc2)c1. The van der Waals surface area contributed by atoms with E-state index in [0.29, 0.717) is 12.4 Å². The van der Waals surface area contributed by atoms with Crippen molar-refractivity contribution in [3.63, 3.8) is 0 Å². The van der Waals surface area contributed by atoms with E-state index in [-0.39, 0.29) is 5.91 Å². The molecule has 0 aliphatic rings. The monoisotopic (exact) mass is 336 g/mol. The minimum atomic E-state index is -0.0681. The molecule has 0 bridgehead atoms. The summed E-state index contributed by atoms with van der Waals surface area (Å²) in [4.78, 5) is 13.9. The van der Waals surface area contributed by atoms with Gasteiger partial charge in [0.25, 0.3) is 0 Å². The molecular weight excluding hydrogens is 316 g/mol. The lowest BCUT2D eigenvalue weighted by atomic mass is 10.2. The Morgan fingerprint density at radius 3 is 2.48 bits per heavy atom. The first kappa shape index (κ1) is 16.5. The quantitative estimate of drug-likeness (QED) is 0.724. The molecule has 0 atom stereocenters. The van der Waals surface area contributed by atoms with Crippen LogP contribution >= 0.6 is 0 Å². The number of nitrogens with zero attached hydrogens (tertiary/aromatic N) is 4. The fourth-order valence-electron chi connectivity index (χ4n) is 2.29. The molecule has 2 N–H and O–H groups in total. The summed E-state index contributed by atoms with van der Waals surface area (Å²) >= 11 is 0. The van der Waals surface area contributed by atoms with Gasteiger partial charge in [-0.2, -0.15) is 5.10 Å². The number of hydrogen-bond acceptors (Lipinski definition) is 5. The van der Waals surface area contributed by atoms with Gasteiger partial charge in [0, 0.05) is 43.9 Å². The highest BCUT2D eigenvalue weighted by Gasteiger charge is 2.04. The standard InChI is InChI=1S/C18H20N6O/c1-23(2)16-11-17(22-19-12-16)20-14-5-7-15(8-6-14)21-18(25)13-24-9-3-4-10-24/h3-12H,13H2,1-2H3,(H,20,22)(H,21,25). The number of hydrogen-bond donors (Lipinski definition) is 2. The molecule has 3 rings (SSSR count). The summed E-state index contributed by atoms with van der Waals surface area (Å²) in [7, 11) is 3.90. The van der Waals surface area contributed by atoms with Crippen LogP contribution in [0.4, 0.5) is 22.9 Å². The molecule has 0 spiro atoms. The van der Waals surface area contributed by atoms with Gasteiger partial charge in [-0.05, 0) is 36.4 Å². The Morgan fingerprint density at radius 2 is 1.80 bits per heavy atom. The molecule has 0 unspecified atom stereocenters. The van der Waals surface area contributed by atoms with Gasteiger partial charge in [0.1, 0.15) is 6.54 Å². The van der Waals surface area contributed by atoms with Gasteiger partial charge in [-0.1, -0.05) is 0 Å². The highest BCUT2D eigenvalue weighted by atomic mass is 16.1. The second kappa shape index (κ2) is 7.48. The molecule has 25 heavy (non-hydrogen) atoms. The first-order valence-corrected chi connectivity index (χ1v) is 7.88. The van der Waals surface area contributed by atoms with Gasteiger partial charge in [0.15, 0.2) is 5.82 Å². The fourth-order valence-corrected chi connectivity index (χ4v) is 2.29.